The molecule has 2 amide bonds. The molecule has 0 saturated carbocycles. The van der Waals surface area contributed by atoms with E-state index in [1.807, 2.05) is 6.92 Å². The number of primary amides is 1. The predicted molar refractivity (Wildman–Crippen MR) is 69.2 cm³/mol. The van der Waals surface area contributed by atoms with Crippen molar-refractivity contribution < 1.29 is 9.59 Å². The van der Waals surface area contributed by atoms with Crippen molar-refractivity contribution in [2.75, 3.05) is 18.9 Å². The molecule has 98 valence electrons. The van der Waals surface area contributed by atoms with Crippen LogP contribution in [0.5, 0.6) is 0 Å². The Labute approximate surface area is 106 Å². The summed E-state index contributed by atoms with van der Waals surface area (Å²) in [5.74, 6) is -0.00692. The van der Waals surface area contributed by atoms with Crippen molar-refractivity contribution in [3.8, 4) is 0 Å². The number of pyridine rings is 1. The van der Waals surface area contributed by atoms with E-state index in [0.717, 1.165) is 0 Å². The highest BCUT2D eigenvalue weighted by molar-refractivity contribution is 5.92. The second-order valence-corrected chi connectivity index (χ2v) is 4.01. The van der Waals surface area contributed by atoms with Gasteiger partial charge in [-0.15, -0.1) is 0 Å². The Balaban J connectivity index is 2.67. The highest BCUT2D eigenvalue weighted by Crippen LogP contribution is 2.07. The first kappa shape index (κ1) is 14.0. The minimum absolute atomic E-state index is 0.0155. The number of nitrogens with zero attached hydrogens (tertiary/aromatic N) is 2. The minimum atomic E-state index is -0.524. The number of hydrogen-bond donors (Lipinski definition) is 2. The molecule has 18 heavy (non-hydrogen) atoms. The van der Waals surface area contributed by atoms with E-state index in [1.54, 1.807) is 31.0 Å². The monoisotopic (exact) mass is 250 g/mol. The van der Waals surface area contributed by atoms with Crippen molar-refractivity contribution in [2.45, 2.75) is 19.9 Å². The van der Waals surface area contributed by atoms with Gasteiger partial charge in [-0.1, -0.05) is 0 Å². The molecule has 1 aromatic heterocycles. The molecule has 6 nitrogen and oxygen atoms in total. The van der Waals surface area contributed by atoms with E-state index in [1.165, 1.54) is 6.20 Å². The summed E-state index contributed by atoms with van der Waals surface area (Å²) >= 11 is 0. The number of nitrogens with one attached hydrogen (secondary N) is 1. The first-order chi connectivity index (χ1) is 8.45. The lowest BCUT2D eigenvalue weighted by molar-refractivity contribution is -0.130. The van der Waals surface area contributed by atoms with Gasteiger partial charge in [-0.3, -0.25) is 9.59 Å². The Bertz CT molecular complexity index is 430. The summed E-state index contributed by atoms with van der Waals surface area (Å²) in [6.45, 7) is 4.32. The number of carbonyl (C=O) groups excluding carboxylic acids is 2. The highest BCUT2D eigenvalue weighted by Gasteiger charge is 2.16. The number of aromatic nitrogens is 1. The van der Waals surface area contributed by atoms with Crippen molar-refractivity contribution in [3.05, 3.63) is 23.9 Å². The Morgan fingerprint density at radius 1 is 1.50 bits per heavy atom. The van der Waals surface area contributed by atoms with Crippen molar-refractivity contribution in [1.29, 1.82) is 0 Å². The number of anilines is 1. The molecule has 0 fully saturated rings. The fraction of sp³-hybridized carbons (Fsp3) is 0.417. The number of rotatable bonds is 5. The zero-order valence-corrected chi connectivity index (χ0v) is 10.8. The standard InChI is InChI=1S/C12H18N4O2/c1-4-16(3)12(18)8(2)15-10-6-5-9(7-14-10)11(13)17/h5-8H,4H2,1-3H3,(H2,13,17)(H,14,15). The Kier molecular flexibility index (Phi) is 4.65. The topological polar surface area (TPSA) is 88.3 Å². The molecule has 1 heterocycles. The highest BCUT2D eigenvalue weighted by atomic mass is 16.2. The predicted octanol–water partition coefficient (Wildman–Crippen LogP) is 0.459. The molecule has 0 aliphatic rings. The van der Waals surface area contributed by atoms with Gasteiger partial charge in [-0.25, -0.2) is 4.98 Å². The maximum absolute atomic E-state index is 11.8. The smallest absolute Gasteiger partial charge is 0.250 e. The van der Waals surface area contributed by atoms with Crippen LogP contribution in [0.15, 0.2) is 18.3 Å². The van der Waals surface area contributed by atoms with Crippen molar-refractivity contribution >= 4 is 17.6 Å². The van der Waals surface area contributed by atoms with E-state index >= 15 is 0 Å². The fourth-order valence-corrected chi connectivity index (χ4v) is 1.39. The maximum atomic E-state index is 11.8. The van der Waals surface area contributed by atoms with Crippen LogP contribution in [0.4, 0.5) is 5.82 Å². The molecule has 0 spiro atoms. The van der Waals surface area contributed by atoms with Crippen LogP contribution in [0.2, 0.25) is 0 Å². The minimum Gasteiger partial charge on any atom is -0.366 e. The lowest BCUT2D eigenvalue weighted by atomic mass is 10.2. The van der Waals surface area contributed by atoms with Gasteiger partial charge in [0.25, 0.3) is 0 Å². The van der Waals surface area contributed by atoms with Crippen molar-refractivity contribution in [3.63, 3.8) is 0 Å². The van der Waals surface area contributed by atoms with Crippen molar-refractivity contribution in [1.82, 2.24) is 9.88 Å². The van der Waals surface area contributed by atoms with Crippen LogP contribution in [-0.2, 0) is 4.79 Å². The van der Waals surface area contributed by atoms with Gasteiger partial charge in [0.2, 0.25) is 11.8 Å². The first-order valence-corrected chi connectivity index (χ1v) is 5.73. The van der Waals surface area contributed by atoms with Crippen LogP contribution >= 0.6 is 0 Å². The van der Waals surface area contributed by atoms with E-state index < -0.39 is 5.91 Å². The Morgan fingerprint density at radius 3 is 2.61 bits per heavy atom. The second-order valence-electron chi connectivity index (χ2n) is 4.01. The van der Waals surface area contributed by atoms with Gasteiger partial charge in [0.1, 0.15) is 11.9 Å². The van der Waals surface area contributed by atoms with Gasteiger partial charge < -0.3 is 16.0 Å². The quantitative estimate of drug-likeness (QED) is 0.794. The molecular weight excluding hydrogens is 232 g/mol. The van der Waals surface area contributed by atoms with E-state index in [2.05, 4.69) is 10.3 Å². The van der Waals surface area contributed by atoms with Gasteiger partial charge in [-0.05, 0) is 26.0 Å². The summed E-state index contributed by atoms with van der Waals surface area (Å²) in [5, 5.41) is 2.97. The van der Waals surface area contributed by atoms with E-state index in [9.17, 15) is 9.59 Å². The summed E-state index contributed by atoms with van der Waals surface area (Å²) in [4.78, 5) is 28.3. The third kappa shape index (κ3) is 3.44. The average molecular weight is 250 g/mol. The Hall–Kier alpha value is -2.11. The van der Waals surface area contributed by atoms with Crippen molar-refractivity contribution in [2.24, 2.45) is 5.73 Å². The average Bonchev–Trinajstić information content (AvgIpc) is 2.37. The number of carbonyl (C=O) groups is 2. The molecule has 3 N–H and O–H groups in total. The molecule has 1 aromatic rings. The SMILES string of the molecule is CCN(C)C(=O)C(C)Nc1ccc(C(N)=O)cn1. The van der Waals surface area contributed by atoms with Crippen LogP contribution in [0, 0.1) is 0 Å². The molecule has 1 unspecified atom stereocenters. The molecule has 1 atom stereocenters. The summed E-state index contributed by atoms with van der Waals surface area (Å²) in [5.41, 5.74) is 5.45. The molecule has 0 aliphatic heterocycles. The number of likely N-dealkylation sites (N-methyl/N-ethyl adjacent to an activating group) is 1. The number of nitrogens with two attached hydrogens (primary N) is 1. The zero-order valence-electron chi connectivity index (χ0n) is 10.8. The number of hydrogen-bond acceptors (Lipinski definition) is 4. The molecule has 0 aliphatic carbocycles. The maximum Gasteiger partial charge on any atom is 0.250 e. The normalized spacial score (nSPS) is 11.7. The lowest BCUT2D eigenvalue weighted by Gasteiger charge is -2.20. The van der Waals surface area contributed by atoms with Crippen LogP contribution in [0.3, 0.4) is 0 Å². The van der Waals surface area contributed by atoms with Gasteiger partial charge in [0.15, 0.2) is 0 Å². The molecule has 0 radical (unpaired) electrons. The molecule has 0 bridgehead atoms. The second kappa shape index (κ2) is 6.00. The van der Waals surface area contributed by atoms with Crippen LogP contribution in [-0.4, -0.2) is 41.3 Å². The zero-order chi connectivity index (χ0) is 13.7. The van der Waals surface area contributed by atoms with Crippen LogP contribution in [0.25, 0.3) is 0 Å². The van der Waals surface area contributed by atoms with Crippen LogP contribution in [0.1, 0.15) is 24.2 Å². The van der Waals surface area contributed by atoms with Gasteiger partial charge in [0, 0.05) is 19.8 Å². The largest absolute Gasteiger partial charge is 0.366 e. The summed E-state index contributed by atoms with van der Waals surface area (Å²) in [6, 6.07) is 2.82. The third-order valence-corrected chi connectivity index (χ3v) is 2.63. The first-order valence-electron chi connectivity index (χ1n) is 5.73. The molecular formula is C12H18N4O2. The van der Waals surface area contributed by atoms with Gasteiger partial charge in [-0.2, -0.15) is 0 Å². The van der Waals surface area contributed by atoms with E-state index in [4.69, 9.17) is 5.73 Å². The summed E-state index contributed by atoms with van der Waals surface area (Å²) < 4.78 is 0. The molecule has 0 saturated heterocycles. The fourth-order valence-electron chi connectivity index (χ4n) is 1.39. The lowest BCUT2D eigenvalue weighted by Crippen LogP contribution is -2.39. The summed E-state index contributed by atoms with van der Waals surface area (Å²) in [7, 11) is 1.74. The number of amides is 2. The van der Waals surface area contributed by atoms with Gasteiger partial charge in [0.05, 0.1) is 5.56 Å². The van der Waals surface area contributed by atoms with E-state index in [-0.39, 0.29) is 11.9 Å². The molecule has 0 aromatic carbocycles. The van der Waals surface area contributed by atoms with Gasteiger partial charge >= 0.3 is 0 Å². The third-order valence-electron chi connectivity index (χ3n) is 2.63. The molecule has 6 heteroatoms. The molecule has 1 rings (SSSR count). The Morgan fingerprint density at radius 2 is 2.17 bits per heavy atom. The van der Waals surface area contributed by atoms with Crippen LogP contribution < -0.4 is 11.1 Å². The summed E-state index contributed by atoms with van der Waals surface area (Å²) in [6.07, 6.45) is 1.38. The van der Waals surface area contributed by atoms with E-state index in [0.29, 0.717) is 17.9 Å².